The summed E-state index contributed by atoms with van der Waals surface area (Å²) in [7, 11) is 1.56. The first kappa shape index (κ1) is 24.5. The van der Waals surface area contributed by atoms with E-state index in [0.717, 1.165) is 11.1 Å². The van der Waals surface area contributed by atoms with Crippen molar-refractivity contribution in [2.45, 2.75) is 13.3 Å². The molecule has 2 N–H and O–H groups in total. The number of benzene rings is 3. The van der Waals surface area contributed by atoms with Crippen molar-refractivity contribution >= 4 is 17.3 Å². The second-order valence-corrected chi connectivity index (χ2v) is 7.82. The Morgan fingerprint density at radius 2 is 1.75 bits per heavy atom. The van der Waals surface area contributed by atoms with Crippen LogP contribution in [0.1, 0.15) is 23.7 Å². The van der Waals surface area contributed by atoms with E-state index < -0.39 is 11.4 Å². The lowest BCUT2D eigenvalue weighted by Crippen LogP contribution is -2.25. The number of anilines is 2. The predicted molar refractivity (Wildman–Crippen MR) is 135 cm³/mol. The Hall–Kier alpha value is -4.66. The van der Waals surface area contributed by atoms with Crippen molar-refractivity contribution in [3.63, 3.8) is 0 Å². The lowest BCUT2D eigenvalue weighted by molar-refractivity contribution is 0.0953. The van der Waals surface area contributed by atoms with Crippen LogP contribution >= 0.6 is 0 Å². The Labute approximate surface area is 207 Å². The number of ether oxygens (including phenoxy) is 2. The number of halogens is 1. The summed E-state index contributed by atoms with van der Waals surface area (Å²) in [5, 5.41) is 10.1. The maximum atomic E-state index is 13.5. The Kier molecular flexibility index (Phi) is 7.60. The number of rotatable bonds is 9. The molecule has 0 saturated carbocycles. The molecule has 0 aliphatic carbocycles. The second-order valence-electron chi connectivity index (χ2n) is 7.82. The summed E-state index contributed by atoms with van der Waals surface area (Å²) in [6.07, 6.45) is 2.21. The minimum Gasteiger partial charge on any atom is -0.497 e. The molecule has 0 radical (unpaired) electrons. The highest BCUT2D eigenvalue weighted by Gasteiger charge is 2.16. The molecular formula is C27H25FN4O4. The fourth-order valence-corrected chi connectivity index (χ4v) is 3.39. The fourth-order valence-electron chi connectivity index (χ4n) is 3.39. The first-order chi connectivity index (χ1) is 17.5. The maximum absolute atomic E-state index is 13.5. The second kappa shape index (κ2) is 11.2. The van der Waals surface area contributed by atoms with Crippen LogP contribution in [-0.2, 0) is 0 Å². The number of nitrogens with zero attached hydrogens (tertiary/aromatic N) is 2. The van der Waals surface area contributed by atoms with Crippen LogP contribution in [0.5, 0.6) is 17.2 Å². The van der Waals surface area contributed by atoms with Crippen molar-refractivity contribution in [2.24, 2.45) is 0 Å². The van der Waals surface area contributed by atoms with Crippen molar-refractivity contribution in [2.75, 3.05) is 19.0 Å². The summed E-state index contributed by atoms with van der Waals surface area (Å²) in [6, 6.07) is 19.0. The largest absolute Gasteiger partial charge is 0.497 e. The smallest absolute Gasteiger partial charge is 0.299 e. The highest BCUT2D eigenvalue weighted by Crippen LogP contribution is 2.30. The molecule has 1 amide bonds. The van der Waals surface area contributed by atoms with Gasteiger partial charge in [-0.25, -0.2) is 4.39 Å². The summed E-state index contributed by atoms with van der Waals surface area (Å²) < 4.78 is 25.7. The fraction of sp³-hybridized carbons (Fsp3) is 0.148. The third-order valence-corrected chi connectivity index (χ3v) is 5.23. The number of carbonyl (C=O) groups excluding carboxylic acids is 1. The van der Waals surface area contributed by atoms with E-state index in [-0.39, 0.29) is 17.3 Å². The first-order valence-electron chi connectivity index (χ1n) is 11.3. The van der Waals surface area contributed by atoms with E-state index in [0.29, 0.717) is 35.0 Å². The molecule has 0 aliphatic rings. The topological polar surface area (TPSA) is 94.5 Å². The molecule has 0 aliphatic heterocycles. The monoisotopic (exact) mass is 488 g/mol. The van der Waals surface area contributed by atoms with E-state index in [4.69, 9.17) is 9.47 Å². The van der Waals surface area contributed by atoms with Gasteiger partial charge in [0.05, 0.1) is 19.0 Å². The maximum Gasteiger partial charge on any atom is 0.299 e. The van der Waals surface area contributed by atoms with Gasteiger partial charge in [0.1, 0.15) is 17.3 Å². The van der Waals surface area contributed by atoms with Crippen LogP contribution in [0.25, 0.3) is 5.69 Å². The number of aromatic nitrogens is 2. The van der Waals surface area contributed by atoms with E-state index in [1.165, 1.54) is 30.5 Å². The van der Waals surface area contributed by atoms with Gasteiger partial charge in [-0.05, 0) is 73.2 Å². The number of methoxy groups -OCH3 is 1. The van der Waals surface area contributed by atoms with Gasteiger partial charge >= 0.3 is 0 Å². The number of hydrogen-bond donors (Lipinski definition) is 2. The van der Waals surface area contributed by atoms with Gasteiger partial charge in [-0.2, -0.15) is 9.78 Å². The molecule has 0 atom stereocenters. The third-order valence-electron chi connectivity index (χ3n) is 5.23. The summed E-state index contributed by atoms with van der Waals surface area (Å²) in [5.41, 5.74) is 0.907. The minimum atomic E-state index is -0.520. The number of nitrogens with one attached hydrogen (secondary N) is 2. The van der Waals surface area contributed by atoms with Crippen molar-refractivity contribution in [3.05, 3.63) is 101 Å². The van der Waals surface area contributed by atoms with Crippen LogP contribution in [0.15, 0.2) is 83.8 Å². The van der Waals surface area contributed by atoms with Crippen LogP contribution < -0.4 is 25.7 Å². The SMILES string of the molecule is CCCNC(=O)c1cccc(Nc2c(Oc3ccc(OC)cc3)cnn(-c3ccc(F)cc3)c2=O)c1. The molecule has 0 spiro atoms. The van der Waals surface area contributed by atoms with Crippen LogP contribution in [0, 0.1) is 5.82 Å². The molecule has 1 heterocycles. The molecule has 184 valence electrons. The standard InChI is InChI=1S/C27H25FN4O4/c1-3-15-29-26(33)18-5-4-6-20(16-18)31-25-24(36-23-13-11-22(35-2)12-14-23)17-30-32(27(25)34)21-9-7-19(28)8-10-21/h4-14,16-17,31H,3,15H2,1-2H3,(H,29,33). The molecule has 0 unspecified atom stereocenters. The lowest BCUT2D eigenvalue weighted by Gasteiger charge is -2.15. The van der Waals surface area contributed by atoms with E-state index in [1.807, 2.05) is 6.92 Å². The molecule has 9 heteroatoms. The normalized spacial score (nSPS) is 10.5. The molecule has 0 fully saturated rings. The van der Waals surface area contributed by atoms with Gasteiger partial charge in [-0.1, -0.05) is 13.0 Å². The van der Waals surface area contributed by atoms with Gasteiger partial charge in [0.15, 0.2) is 11.4 Å². The zero-order valence-corrected chi connectivity index (χ0v) is 19.8. The van der Waals surface area contributed by atoms with Crippen molar-refractivity contribution < 1.29 is 18.7 Å². The summed E-state index contributed by atoms with van der Waals surface area (Å²) in [6.45, 7) is 2.53. The molecular weight excluding hydrogens is 463 g/mol. The highest BCUT2D eigenvalue weighted by molar-refractivity contribution is 5.95. The van der Waals surface area contributed by atoms with Gasteiger partial charge in [-0.15, -0.1) is 0 Å². The molecule has 1 aromatic heterocycles. The molecule has 8 nitrogen and oxygen atoms in total. The summed E-state index contributed by atoms with van der Waals surface area (Å²) in [4.78, 5) is 25.9. The number of hydrogen-bond acceptors (Lipinski definition) is 6. The van der Waals surface area contributed by atoms with Crippen LogP contribution in [0.3, 0.4) is 0 Å². The Morgan fingerprint density at radius 1 is 1.03 bits per heavy atom. The molecule has 4 aromatic rings. The Morgan fingerprint density at radius 3 is 2.44 bits per heavy atom. The third kappa shape index (κ3) is 5.69. The quantitative estimate of drug-likeness (QED) is 0.342. The minimum absolute atomic E-state index is 0.0938. The zero-order chi connectivity index (χ0) is 25.5. The van der Waals surface area contributed by atoms with Gasteiger partial charge in [-0.3, -0.25) is 9.59 Å². The first-order valence-corrected chi connectivity index (χ1v) is 11.3. The van der Waals surface area contributed by atoms with Gasteiger partial charge in [0.25, 0.3) is 11.5 Å². The average Bonchev–Trinajstić information content (AvgIpc) is 2.90. The van der Waals surface area contributed by atoms with Crippen molar-refractivity contribution in [1.29, 1.82) is 0 Å². The van der Waals surface area contributed by atoms with Crippen LogP contribution in [-0.4, -0.2) is 29.3 Å². The van der Waals surface area contributed by atoms with Crippen LogP contribution in [0.4, 0.5) is 15.8 Å². The summed E-state index contributed by atoms with van der Waals surface area (Å²) >= 11 is 0. The Bertz CT molecular complexity index is 1400. The number of amides is 1. The Balaban J connectivity index is 1.73. The molecule has 0 saturated heterocycles. The van der Waals surface area contributed by atoms with Gasteiger partial charge < -0.3 is 20.1 Å². The van der Waals surface area contributed by atoms with Crippen molar-refractivity contribution in [1.82, 2.24) is 15.1 Å². The zero-order valence-electron chi connectivity index (χ0n) is 19.8. The molecule has 0 bridgehead atoms. The van der Waals surface area contributed by atoms with E-state index in [1.54, 1.807) is 55.6 Å². The van der Waals surface area contributed by atoms with Crippen LogP contribution in [0.2, 0.25) is 0 Å². The molecule has 36 heavy (non-hydrogen) atoms. The van der Waals surface area contributed by atoms with E-state index in [2.05, 4.69) is 15.7 Å². The lowest BCUT2D eigenvalue weighted by atomic mass is 10.2. The average molecular weight is 489 g/mol. The highest BCUT2D eigenvalue weighted by atomic mass is 19.1. The van der Waals surface area contributed by atoms with Gasteiger partial charge in [0.2, 0.25) is 0 Å². The van der Waals surface area contributed by atoms with E-state index in [9.17, 15) is 14.0 Å². The number of carbonyl (C=O) groups is 1. The molecule has 3 aromatic carbocycles. The molecule has 4 rings (SSSR count). The summed E-state index contributed by atoms with van der Waals surface area (Å²) in [5.74, 6) is 0.650. The van der Waals surface area contributed by atoms with Crippen molar-refractivity contribution in [3.8, 4) is 22.9 Å². The van der Waals surface area contributed by atoms with Gasteiger partial charge in [0, 0.05) is 17.8 Å². The van der Waals surface area contributed by atoms with E-state index >= 15 is 0 Å². The predicted octanol–water partition coefficient (Wildman–Crippen LogP) is 5.06.